The Morgan fingerprint density at radius 1 is 0.900 bits per heavy atom. The van der Waals surface area contributed by atoms with E-state index < -0.39 is 0 Å². The van der Waals surface area contributed by atoms with E-state index >= 15 is 0 Å². The van der Waals surface area contributed by atoms with Crippen LogP contribution in [0.3, 0.4) is 0 Å². The van der Waals surface area contributed by atoms with Crippen molar-refractivity contribution in [3.05, 3.63) is 78.1 Å². The normalized spacial score (nSPS) is 15.2. The minimum absolute atomic E-state index is 0.216. The van der Waals surface area contributed by atoms with Gasteiger partial charge in [-0.05, 0) is 28.5 Å². The van der Waals surface area contributed by atoms with Crippen molar-refractivity contribution in [3.8, 4) is 0 Å². The summed E-state index contributed by atoms with van der Waals surface area (Å²) < 4.78 is 2.17. The Kier molecular flexibility index (Phi) is 4.97. The van der Waals surface area contributed by atoms with Crippen LogP contribution in [0.1, 0.15) is 11.4 Å². The van der Waals surface area contributed by atoms with Gasteiger partial charge < -0.3 is 9.47 Å². The Bertz CT molecular complexity index is 1200. The Labute approximate surface area is 176 Å². The van der Waals surface area contributed by atoms with E-state index in [1.165, 1.54) is 10.8 Å². The molecule has 1 aliphatic heterocycles. The van der Waals surface area contributed by atoms with Crippen LogP contribution in [0.4, 0.5) is 0 Å². The van der Waals surface area contributed by atoms with E-state index in [1.807, 2.05) is 35.2 Å². The number of hydrogen-bond donors (Lipinski definition) is 0. The molecule has 0 saturated carbocycles. The molecule has 5 heteroatoms. The molecule has 5 nitrogen and oxygen atoms in total. The Morgan fingerprint density at radius 2 is 1.63 bits per heavy atom. The van der Waals surface area contributed by atoms with Gasteiger partial charge in [-0.15, -0.1) is 0 Å². The molecule has 152 valence electrons. The number of para-hydroxylation sites is 2. The van der Waals surface area contributed by atoms with Crippen molar-refractivity contribution in [3.63, 3.8) is 0 Å². The van der Waals surface area contributed by atoms with Crippen LogP contribution >= 0.6 is 0 Å². The molecule has 0 bridgehead atoms. The SMILES string of the molecule is Cn1c(CN2CCN(C(=O)Cc3cccc4ccccc34)CC2)nc2ccccc21. The van der Waals surface area contributed by atoms with Crippen LogP contribution in [0.2, 0.25) is 0 Å². The maximum absolute atomic E-state index is 12.9. The predicted molar refractivity (Wildman–Crippen MR) is 120 cm³/mol. The number of nitrogens with zero attached hydrogens (tertiary/aromatic N) is 4. The molecule has 0 radical (unpaired) electrons. The fraction of sp³-hybridized carbons (Fsp3) is 0.280. The van der Waals surface area contributed by atoms with Crippen LogP contribution < -0.4 is 0 Å². The molecule has 1 amide bonds. The molecule has 2 heterocycles. The first kappa shape index (κ1) is 18.8. The van der Waals surface area contributed by atoms with Gasteiger partial charge in [-0.25, -0.2) is 4.98 Å². The van der Waals surface area contributed by atoms with Gasteiger partial charge in [-0.3, -0.25) is 9.69 Å². The van der Waals surface area contributed by atoms with Crippen LogP contribution in [-0.4, -0.2) is 51.4 Å². The first-order chi connectivity index (χ1) is 14.7. The van der Waals surface area contributed by atoms with E-state index in [1.54, 1.807) is 0 Å². The lowest BCUT2D eigenvalue weighted by Crippen LogP contribution is -2.48. The molecule has 0 N–H and O–H groups in total. The summed E-state index contributed by atoms with van der Waals surface area (Å²) in [5.74, 6) is 1.29. The third-order valence-corrected chi connectivity index (χ3v) is 6.19. The first-order valence-electron chi connectivity index (χ1n) is 10.6. The lowest BCUT2D eigenvalue weighted by atomic mass is 10.0. The van der Waals surface area contributed by atoms with Gasteiger partial charge in [-0.1, -0.05) is 54.6 Å². The van der Waals surface area contributed by atoms with Crippen LogP contribution in [0, 0.1) is 0 Å². The molecular weight excluding hydrogens is 372 g/mol. The largest absolute Gasteiger partial charge is 0.340 e. The number of aromatic nitrogens is 2. The van der Waals surface area contributed by atoms with Gasteiger partial charge in [0, 0.05) is 33.2 Å². The number of hydrogen-bond acceptors (Lipinski definition) is 3. The van der Waals surface area contributed by atoms with Crippen molar-refractivity contribution < 1.29 is 4.79 Å². The smallest absolute Gasteiger partial charge is 0.227 e. The number of carbonyl (C=O) groups is 1. The van der Waals surface area contributed by atoms with Crippen molar-refractivity contribution in [1.82, 2.24) is 19.4 Å². The fourth-order valence-corrected chi connectivity index (χ4v) is 4.41. The van der Waals surface area contributed by atoms with Crippen molar-refractivity contribution in [2.45, 2.75) is 13.0 Å². The van der Waals surface area contributed by atoms with Gasteiger partial charge in [-0.2, -0.15) is 0 Å². The number of rotatable bonds is 4. The third-order valence-electron chi connectivity index (χ3n) is 6.19. The van der Waals surface area contributed by atoms with Gasteiger partial charge >= 0.3 is 0 Å². The fourth-order valence-electron chi connectivity index (χ4n) is 4.41. The van der Waals surface area contributed by atoms with E-state index in [2.05, 4.69) is 52.9 Å². The van der Waals surface area contributed by atoms with Gasteiger partial charge in [0.15, 0.2) is 0 Å². The molecule has 1 aromatic heterocycles. The van der Waals surface area contributed by atoms with Crippen molar-refractivity contribution in [2.75, 3.05) is 26.2 Å². The third kappa shape index (κ3) is 3.57. The van der Waals surface area contributed by atoms with E-state index in [4.69, 9.17) is 4.98 Å². The number of piperazine rings is 1. The number of imidazole rings is 1. The minimum Gasteiger partial charge on any atom is -0.340 e. The molecule has 0 atom stereocenters. The number of aryl methyl sites for hydroxylation is 1. The summed E-state index contributed by atoms with van der Waals surface area (Å²) in [5.41, 5.74) is 3.32. The van der Waals surface area contributed by atoms with Crippen molar-refractivity contribution >= 4 is 27.7 Å². The highest BCUT2D eigenvalue weighted by molar-refractivity contribution is 5.90. The van der Waals surface area contributed by atoms with Crippen molar-refractivity contribution in [1.29, 1.82) is 0 Å². The van der Waals surface area contributed by atoms with E-state index in [0.29, 0.717) is 6.42 Å². The molecular formula is C25H26N4O. The predicted octanol–water partition coefficient (Wildman–Crippen LogP) is 3.61. The maximum Gasteiger partial charge on any atom is 0.227 e. The monoisotopic (exact) mass is 398 g/mol. The van der Waals surface area contributed by atoms with E-state index in [0.717, 1.165) is 55.1 Å². The Morgan fingerprint density at radius 3 is 2.47 bits per heavy atom. The number of carbonyl (C=O) groups excluding carboxylic acids is 1. The highest BCUT2D eigenvalue weighted by Gasteiger charge is 2.23. The maximum atomic E-state index is 12.9. The molecule has 5 rings (SSSR count). The topological polar surface area (TPSA) is 41.4 Å². The summed E-state index contributed by atoms with van der Waals surface area (Å²) in [6.45, 7) is 4.12. The average molecular weight is 399 g/mol. The standard InChI is InChI=1S/C25H26N4O/c1-27-23-12-5-4-11-22(23)26-24(27)18-28-13-15-29(16-14-28)25(30)17-20-9-6-8-19-7-2-3-10-21(19)20/h2-12H,13-18H2,1H3. The van der Waals surface area contributed by atoms with Crippen LogP contribution in [-0.2, 0) is 24.8 Å². The Balaban J connectivity index is 1.22. The van der Waals surface area contributed by atoms with Crippen LogP contribution in [0.25, 0.3) is 21.8 Å². The second-order valence-electron chi connectivity index (χ2n) is 8.05. The molecule has 1 fully saturated rings. The molecule has 30 heavy (non-hydrogen) atoms. The molecule has 0 spiro atoms. The summed E-state index contributed by atoms with van der Waals surface area (Å²) in [7, 11) is 2.08. The summed E-state index contributed by atoms with van der Waals surface area (Å²) in [5, 5.41) is 2.36. The summed E-state index contributed by atoms with van der Waals surface area (Å²) in [6, 6.07) is 22.7. The van der Waals surface area contributed by atoms with Gasteiger partial charge in [0.25, 0.3) is 0 Å². The average Bonchev–Trinajstić information content (AvgIpc) is 3.10. The van der Waals surface area contributed by atoms with E-state index in [-0.39, 0.29) is 5.91 Å². The quantitative estimate of drug-likeness (QED) is 0.527. The van der Waals surface area contributed by atoms with E-state index in [9.17, 15) is 4.79 Å². The Hall–Kier alpha value is -3.18. The highest BCUT2D eigenvalue weighted by Crippen LogP contribution is 2.20. The van der Waals surface area contributed by atoms with Crippen LogP contribution in [0.5, 0.6) is 0 Å². The summed E-state index contributed by atoms with van der Waals surface area (Å²) in [4.78, 5) is 22.1. The molecule has 4 aromatic rings. The molecule has 1 saturated heterocycles. The van der Waals surface area contributed by atoms with Crippen LogP contribution in [0.15, 0.2) is 66.7 Å². The van der Waals surface area contributed by atoms with Crippen molar-refractivity contribution in [2.24, 2.45) is 7.05 Å². The second kappa shape index (κ2) is 7.92. The highest BCUT2D eigenvalue weighted by atomic mass is 16.2. The van der Waals surface area contributed by atoms with Gasteiger partial charge in [0.05, 0.1) is 24.0 Å². The number of fused-ring (bicyclic) bond motifs is 2. The first-order valence-corrected chi connectivity index (χ1v) is 10.6. The molecule has 3 aromatic carbocycles. The molecule has 0 unspecified atom stereocenters. The molecule has 0 aliphatic carbocycles. The molecule has 1 aliphatic rings. The number of amides is 1. The second-order valence-corrected chi connectivity index (χ2v) is 8.05. The lowest BCUT2D eigenvalue weighted by Gasteiger charge is -2.34. The minimum atomic E-state index is 0.216. The zero-order valence-electron chi connectivity index (χ0n) is 17.3. The zero-order valence-corrected chi connectivity index (χ0v) is 17.3. The lowest BCUT2D eigenvalue weighted by molar-refractivity contribution is -0.132. The summed E-state index contributed by atoms with van der Waals surface area (Å²) in [6.07, 6.45) is 0.464. The number of benzene rings is 3. The van der Waals surface area contributed by atoms with Gasteiger partial charge in [0.1, 0.15) is 5.82 Å². The summed E-state index contributed by atoms with van der Waals surface area (Å²) >= 11 is 0. The zero-order chi connectivity index (χ0) is 20.5. The van der Waals surface area contributed by atoms with Gasteiger partial charge in [0.2, 0.25) is 5.91 Å².